The Morgan fingerprint density at radius 2 is 2.06 bits per heavy atom. The van der Waals surface area contributed by atoms with E-state index in [0.29, 0.717) is 18.4 Å². The van der Waals surface area contributed by atoms with Crippen LogP contribution in [0.5, 0.6) is 0 Å². The Balaban J connectivity index is 2.09. The van der Waals surface area contributed by atoms with Crippen molar-refractivity contribution in [1.82, 2.24) is 0 Å². The van der Waals surface area contributed by atoms with E-state index in [-0.39, 0.29) is 11.8 Å². The highest BCUT2D eigenvalue weighted by molar-refractivity contribution is 5.70. The zero-order valence-electron chi connectivity index (χ0n) is 9.33. The van der Waals surface area contributed by atoms with Crippen molar-refractivity contribution in [3.05, 3.63) is 35.4 Å². The molecule has 1 fully saturated rings. The Morgan fingerprint density at radius 1 is 1.29 bits per heavy atom. The predicted molar refractivity (Wildman–Crippen MR) is 58.5 cm³/mol. The van der Waals surface area contributed by atoms with Crippen LogP contribution in [-0.4, -0.2) is 11.1 Å². The van der Waals surface area contributed by atoms with Gasteiger partial charge in [-0.1, -0.05) is 12.5 Å². The van der Waals surface area contributed by atoms with E-state index in [9.17, 15) is 13.6 Å². The molecule has 1 saturated carbocycles. The molecule has 4 heteroatoms. The summed E-state index contributed by atoms with van der Waals surface area (Å²) in [6.07, 6.45) is 2.93. The van der Waals surface area contributed by atoms with Gasteiger partial charge in [-0.2, -0.15) is 0 Å². The van der Waals surface area contributed by atoms with Crippen molar-refractivity contribution >= 4 is 5.97 Å². The topological polar surface area (TPSA) is 37.3 Å². The first kappa shape index (κ1) is 12.0. The molecule has 1 aliphatic rings. The number of carboxylic acids is 1. The predicted octanol–water partition coefficient (Wildman–Crippen LogP) is 3.01. The molecule has 2 atom stereocenters. The first-order chi connectivity index (χ1) is 8.08. The Kier molecular flexibility index (Phi) is 3.41. The molecule has 0 radical (unpaired) electrons. The number of rotatable bonds is 3. The average Bonchev–Trinajstić information content (AvgIpc) is 2.72. The van der Waals surface area contributed by atoms with Crippen LogP contribution in [0.3, 0.4) is 0 Å². The van der Waals surface area contributed by atoms with Gasteiger partial charge in [0.1, 0.15) is 0 Å². The standard InChI is InChI=1S/C13H14F2O2/c14-11-5-4-8(7-12(11)15)6-9-2-1-3-10(9)13(16)17/h4-5,7,9-10H,1-3,6H2,(H,16,17). The summed E-state index contributed by atoms with van der Waals surface area (Å²) in [4.78, 5) is 11.0. The summed E-state index contributed by atoms with van der Waals surface area (Å²) in [7, 11) is 0. The number of aliphatic carboxylic acids is 1. The van der Waals surface area contributed by atoms with Crippen LogP contribution in [-0.2, 0) is 11.2 Å². The fraction of sp³-hybridized carbons (Fsp3) is 0.462. The smallest absolute Gasteiger partial charge is 0.306 e. The monoisotopic (exact) mass is 240 g/mol. The Morgan fingerprint density at radius 3 is 2.71 bits per heavy atom. The maximum absolute atomic E-state index is 13.0. The molecule has 1 N–H and O–H groups in total. The van der Waals surface area contributed by atoms with Crippen LogP contribution >= 0.6 is 0 Å². The molecule has 0 bridgehead atoms. The quantitative estimate of drug-likeness (QED) is 0.881. The van der Waals surface area contributed by atoms with Crippen molar-refractivity contribution in [1.29, 1.82) is 0 Å². The van der Waals surface area contributed by atoms with Crippen molar-refractivity contribution in [3.63, 3.8) is 0 Å². The van der Waals surface area contributed by atoms with E-state index in [4.69, 9.17) is 5.11 Å². The lowest BCUT2D eigenvalue weighted by atomic mass is 9.90. The van der Waals surface area contributed by atoms with Crippen LogP contribution in [0.25, 0.3) is 0 Å². The van der Waals surface area contributed by atoms with Crippen molar-refractivity contribution in [2.75, 3.05) is 0 Å². The normalized spacial score (nSPS) is 23.9. The van der Waals surface area contributed by atoms with Gasteiger partial charge in [-0.15, -0.1) is 0 Å². The van der Waals surface area contributed by atoms with Gasteiger partial charge < -0.3 is 5.11 Å². The third-order valence-electron chi connectivity index (χ3n) is 3.46. The lowest BCUT2D eigenvalue weighted by molar-refractivity contribution is -0.142. The molecule has 2 rings (SSSR count). The molecule has 92 valence electrons. The molecule has 0 amide bonds. The molecule has 0 saturated heterocycles. The van der Waals surface area contributed by atoms with E-state index in [1.165, 1.54) is 6.07 Å². The van der Waals surface area contributed by atoms with E-state index in [0.717, 1.165) is 25.0 Å². The van der Waals surface area contributed by atoms with Crippen molar-refractivity contribution < 1.29 is 18.7 Å². The second-order valence-electron chi connectivity index (χ2n) is 4.59. The summed E-state index contributed by atoms with van der Waals surface area (Å²) < 4.78 is 25.8. The second kappa shape index (κ2) is 4.82. The molecular formula is C13H14F2O2. The van der Waals surface area contributed by atoms with Crippen molar-refractivity contribution in [2.45, 2.75) is 25.7 Å². The highest BCUT2D eigenvalue weighted by atomic mass is 19.2. The Hall–Kier alpha value is -1.45. The van der Waals surface area contributed by atoms with Crippen LogP contribution in [0.15, 0.2) is 18.2 Å². The van der Waals surface area contributed by atoms with Gasteiger partial charge in [0.15, 0.2) is 11.6 Å². The molecule has 0 aliphatic heterocycles. The molecule has 0 spiro atoms. The number of hydrogen-bond donors (Lipinski definition) is 1. The fourth-order valence-electron chi connectivity index (χ4n) is 2.58. The van der Waals surface area contributed by atoms with Crippen LogP contribution in [0, 0.1) is 23.5 Å². The van der Waals surface area contributed by atoms with Crippen LogP contribution in [0.4, 0.5) is 8.78 Å². The van der Waals surface area contributed by atoms with Crippen LogP contribution in [0.1, 0.15) is 24.8 Å². The summed E-state index contributed by atoms with van der Waals surface area (Å²) in [5.41, 5.74) is 0.669. The summed E-state index contributed by atoms with van der Waals surface area (Å²) >= 11 is 0. The number of carbonyl (C=O) groups is 1. The van der Waals surface area contributed by atoms with E-state index < -0.39 is 17.6 Å². The van der Waals surface area contributed by atoms with Gasteiger partial charge in [-0.25, -0.2) is 8.78 Å². The second-order valence-corrected chi connectivity index (χ2v) is 4.59. The molecule has 2 unspecified atom stereocenters. The molecule has 1 aromatic rings. The summed E-state index contributed by atoms with van der Waals surface area (Å²) in [5.74, 6) is -2.82. The van der Waals surface area contributed by atoms with Crippen LogP contribution in [0.2, 0.25) is 0 Å². The highest BCUT2D eigenvalue weighted by Gasteiger charge is 2.32. The van der Waals surface area contributed by atoms with E-state index in [1.54, 1.807) is 0 Å². The minimum absolute atomic E-state index is 0.0392. The molecule has 2 nitrogen and oxygen atoms in total. The van der Waals surface area contributed by atoms with Gasteiger partial charge in [0.05, 0.1) is 5.92 Å². The first-order valence-electron chi connectivity index (χ1n) is 5.74. The third kappa shape index (κ3) is 2.62. The summed E-state index contributed by atoms with van der Waals surface area (Å²) in [6, 6.07) is 3.78. The fourth-order valence-corrected chi connectivity index (χ4v) is 2.58. The number of benzene rings is 1. The number of carboxylic acid groups (broad SMARTS) is 1. The van der Waals surface area contributed by atoms with Gasteiger partial charge in [0, 0.05) is 0 Å². The zero-order valence-corrected chi connectivity index (χ0v) is 9.33. The third-order valence-corrected chi connectivity index (χ3v) is 3.46. The summed E-state index contributed by atoms with van der Waals surface area (Å²) in [5, 5.41) is 9.03. The average molecular weight is 240 g/mol. The van der Waals surface area contributed by atoms with Gasteiger partial charge in [-0.3, -0.25) is 4.79 Å². The molecule has 17 heavy (non-hydrogen) atoms. The van der Waals surface area contributed by atoms with Gasteiger partial charge >= 0.3 is 5.97 Å². The van der Waals surface area contributed by atoms with Gasteiger partial charge in [0.2, 0.25) is 0 Å². The van der Waals surface area contributed by atoms with Gasteiger partial charge in [0.25, 0.3) is 0 Å². The molecule has 0 heterocycles. The van der Waals surface area contributed by atoms with E-state index >= 15 is 0 Å². The maximum atomic E-state index is 13.0. The number of halogens is 2. The largest absolute Gasteiger partial charge is 0.481 e. The Labute approximate surface area is 98.3 Å². The minimum atomic E-state index is -0.868. The molecular weight excluding hydrogens is 226 g/mol. The van der Waals surface area contributed by atoms with Crippen LogP contribution < -0.4 is 0 Å². The SMILES string of the molecule is O=C(O)C1CCCC1Cc1ccc(F)c(F)c1. The molecule has 0 aromatic heterocycles. The highest BCUT2D eigenvalue weighted by Crippen LogP contribution is 2.34. The zero-order chi connectivity index (χ0) is 12.4. The minimum Gasteiger partial charge on any atom is -0.481 e. The van der Waals surface area contributed by atoms with Gasteiger partial charge in [-0.05, 0) is 42.9 Å². The molecule has 1 aromatic carbocycles. The lowest BCUT2D eigenvalue weighted by Crippen LogP contribution is -2.20. The Bertz CT molecular complexity index is 431. The number of hydrogen-bond acceptors (Lipinski definition) is 1. The maximum Gasteiger partial charge on any atom is 0.306 e. The summed E-state index contributed by atoms with van der Waals surface area (Å²) in [6.45, 7) is 0. The van der Waals surface area contributed by atoms with Crippen molar-refractivity contribution in [2.24, 2.45) is 11.8 Å². The first-order valence-corrected chi connectivity index (χ1v) is 5.74. The molecule has 1 aliphatic carbocycles. The van der Waals surface area contributed by atoms with E-state index in [1.807, 2.05) is 0 Å². The lowest BCUT2D eigenvalue weighted by Gasteiger charge is -2.15. The van der Waals surface area contributed by atoms with E-state index in [2.05, 4.69) is 0 Å². The van der Waals surface area contributed by atoms with Crippen molar-refractivity contribution in [3.8, 4) is 0 Å².